The van der Waals surface area contributed by atoms with Gasteiger partial charge in [-0.3, -0.25) is 0 Å². The second-order valence-corrected chi connectivity index (χ2v) is 9.55. The van der Waals surface area contributed by atoms with Crippen LogP contribution in [0.2, 0.25) is 5.02 Å². The molecule has 1 heterocycles. The topological polar surface area (TPSA) is 66.9 Å². The Labute approximate surface area is 182 Å². The van der Waals surface area contributed by atoms with E-state index >= 15 is 0 Å². The van der Waals surface area contributed by atoms with E-state index in [1.165, 1.54) is 16.8 Å². The number of halogens is 1. The number of hydrogen-bond acceptors (Lipinski definition) is 5. The van der Waals surface area contributed by atoms with Gasteiger partial charge in [0.25, 0.3) is 0 Å². The van der Waals surface area contributed by atoms with Crippen molar-refractivity contribution in [2.75, 3.05) is 27.2 Å². The largest absolute Gasteiger partial charge is 0.465 e. The average Bonchev–Trinajstić information content (AvgIpc) is 3.17. The minimum Gasteiger partial charge on any atom is -0.465 e. The van der Waals surface area contributed by atoms with Crippen LogP contribution in [0, 0.1) is 0 Å². The van der Waals surface area contributed by atoms with Gasteiger partial charge in [0.05, 0.1) is 12.7 Å². The lowest BCUT2D eigenvalue weighted by Gasteiger charge is -2.27. The van der Waals surface area contributed by atoms with Crippen molar-refractivity contribution in [2.45, 2.75) is 19.0 Å². The highest BCUT2D eigenvalue weighted by atomic mass is 35.5. The molecule has 1 saturated heterocycles. The molecule has 0 spiro atoms. The van der Waals surface area contributed by atoms with Gasteiger partial charge in [0.2, 0.25) is 10.0 Å². The minimum absolute atomic E-state index is 0.116. The van der Waals surface area contributed by atoms with Crippen molar-refractivity contribution in [3.05, 3.63) is 75.7 Å². The first-order valence-corrected chi connectivity index (χ1v) is 11.5. The van der Waals surface area contributed by atoms with Crippen LogP contribution in [0.1, 0.15) is 27.9 Å². The van der Waals surface area contributed by atoms with Gasteiger partial charge >= 0.3 is 5.97 Å². The highest BCUT2D eigenvalue weighted by molar-refractivity contribution is 7.92. The Bertz CT molecular complexity index is 1000. The summed E-state index contributed by atoms with van der Waals surface area (Å²) < 4.78 is 32.7. The number of carbonyl (C=O) groups is 1. The van der Waals surface area contributed by atoms with Gasteiger partial charge in [-0.1, -0.05) is 35.9 Å². The normalized spacial score (nSPS) is 17.7. The number of hydrogen-bond donors (Lipinski definition) is 0. The average molecular weight is 449 g/mol. The maximum absolute atomic E-state index is 13.2. The van der Waals surface area contributed by atoms with Gasteiger partial charge in [-0.15, -0.1) is 0 Å². The first kappa shape index (κ1) is 22.5. The van der Waals surface area contributed by atoms with Gasteiger partial charge in [0, 0.05) is 29.6 Å². The predicted molar refractivity (Wildman–Crippen MR) is 119 cm³/mol. The van der Waals surface area contributed by atoms with Gasteiger partial charge < -0.3 is 9.64 Å². The van der Waals surface area contributed by atoms with Crippen molar-refractivity contribution in [2.24, 2.45) is 0 Å². The second kappa shape index (κ2) is 9.75. The molecule has 0 radical (unpaired) electrons. The van der Waals surface area contributed by atoms with Crippen molar-refractivity contribution in [1.82, 2.24) is 9.21 Å². The van der Waals surface area contributed by atoms with Gasteiger partial charge in [-0.2, -0.15) is 4.31 Å². The maximum atomic E-state index is 13.2. The molecule has 0 aromatic heterocycles. The Morgan fingerprint density at radius 3 is 2.43 bits per heavy atom. The van der Waals surface area contributed by atoms with Crippen LogP contribution in [0.3, 0.4) is 0 Å². The highest BCUT2D eigenvalue weighted by Crippen LogP contribution is 2.23. The number of esters is 1. The molecule has 2 aromatic carbocycles. The molecule has 3 rings (SSSR count). The molecule has 2 aromatic rings. The maximum Gasteiger partial charge on any atom is 0.337 e. The number of benzene rings is 2. The number of ether oxygens (including phenoxy) is 1. The van der Waals surface area contributed by atoms with Crippen LogP contribution in [0.5, 0.6) is 0 Å². The molecule has 1 fully saturated rings. The first-order chi connectivity index (χ1) is 14.3. The van der Waals surface area contributed by atoms with Gasteiger partial charge in [-0.25, -0.2) is 13.2 Å². The number of carbonyl (C=O) groups excluding carboxylic acids is 1. The molecule has 0 aliphatic carbocycles. The Morgan fingerprint density at radius 2 is 1.87 bits per heavy atom. The molecule has 1 unspecified atom stereocenters. The molecule has 1 aliphatic heterocycles. The quantitative estimate of drug-likeness (QED) is 0.605. The van der Waals surface area contributed by atoms with E-state index < -0.39 is 16.0 Å². The molecule has 30 heavy (non-hydrogen) atoms. The van der Waals surface area contributed by atoms with E-state index in [4.69, 9.17) is 16.3 Å². The van der Waals surface area contributed by atoms with E-state index in [0.29, 0.717) is 17.1 Å². The highest BCUT2D eigenvalue weighted by Gasteiger charge is 2.32. The summed E-state index contributed by atoms with van der Waals surface area (Å²) in [4.78, 5) is 13.8. The summed E-state index contributed by atoms with van der Waals surface area (Å²) in [5.41, 5.74) is 1.99. The monoisotopic (exact) mass is 448 g/mol. The predicted octanol–water partition coefficient (Wildman–Crippen LogP) is 3.63. The Morgan fingerprint density at radius 1 is 1.20 bits per heavy atom. The number of likely N-dealkylation sites (tertiary alicyclic amines) is 1. The molecule has 0 N–H and O–H groups in total. The zero-order chi connectivity index (χ0) is 21.7. The van der Waals surface area contributed by atoms with Crippen molar-refractivity contribution in [1.29, 1.82) is 0 Å². The van der Waals surface area contributed by atoms with E-state index in [-0.39, 0.29) is 12.6 Å². The van der Waals surface area contributed by atoms with Crippen LogP contribution in [-0.4, -0.2) is 56.9 Å². The summed E-state index contributed by atoms with van der Waals surface area (Å²) in [6.07, 6.45) is 2.35. The van der Waals surface area contributed by atoms with Gasteiger partial charge in [0.15, 0.2) is 0 Å². The van der Waals surface area contributed by atoms with E-state index in [9.17, 15) is 13.2 Å². The number of methoxy groups -OCH3 is 1. The summed E-state index contributed by atoms with van der Waals surface area (Å²) in [7, 11) is -0.352. The van der Waals surface area contributed by atoms with Crippen molar-refractivity contribution < 1.29 is 17.9 Å². The molecular formula is C22H25ClN2O4S. The van der Waals surface area contributed by atoms with Crippen LogP contribution in [-0.2, 0) is 21.3 Å². The lowest BCUT2D eigenvalue weighted by molar-refractivity contribution is 0.0600. The molecule has 1 atom stereocenters. The minimum atomic E-state index is -3.67. The zero-order valence-electron chi connectivity index (χ0n) is 17.0. The third-order valence-electron chi connectivity index (χ3n) is 5.12. The van der Waals surface area contributed by atoms with Crippen molar-refractivity contribution >= 4 is 33.7 Å². The van der Waals surface area contributed by atoms with Gasteiger partial charge in [-0.05, 0) is 61.5 Å². The molecular weight excluding hydrogens is 424 g/mol. The fourth-order valence-corrected chi connectivity index (χ4v) is 4.96. The second-order valence-electron chi connectivity index (χ2n) is 7.34. The standard InChI is InChI=1S/C22H25ClN2O4S/c1-24-13-11-21(16-24)25(15-18-3-7-19(8-4-18)22(26)29-2)30(27,28)14-12-17-5-9-20(23)10-6-17/h3-10,12,14,21H,11,13,15-16H2,1-2H3/b14-12+. The third-order valence-corrected chi connectivity index (χ3v) is 6.93. The molecule has 160 valence electrons. The smallest absolute Gasteiger partial charge is 0.337 e. The summed E-state index contributed by atoms with van der Waals surface area (Å²) in [6, 6.07) is 13.7. The van der Waals surface area contributed by atoms with E-state index in [1.807, 2.05) is 7.05 Å². The molecule has 8 heteroatoms. The fourth-order valence-electron chi connectivity index (χ4n) is 3.43. The summed E-state index contributed by atoms with van der Waals surface area (Å²) in [6.45, 7) is 1.75. The van der Waals surface area contributed by atoms with Crippen LogP contribution < -0.4 is 0 Å². The zero-order valence-corrected chi connectivity index (χ0v) is 18.6. The van der Waals surface area contributed by atoms with Crippen LogP contribution in [0.15, 0.2) is 53.9 Å². The number of likely N-dealkylation sites (N-methyl/N-ethyl adjacent to an activating group) is 1. The van der Waals surface area contributed by atoms with E-state index in [2.05, 4.69) is 4.90 Å². The Kier molecular flexibility index (Phi) is 7.31. The van der Waals surface area contributed by atoms with Crippen LogP contribution in [0.4, 0.5) is 0 Å². The van der Waals surface area contributed by atoms with Crippen molar-refractivity contribution in [3.8, 4) is 0 Å². The lowest BCUT2D eigenvalue weighted by atomic mass is 10.1. The molecule has 6 nitrogen and oxygen atoms in total. The molecule has 1 aliphatic rings. The molecule has 0 saturated carbocycles. The Hall–Kier alpha value is -2.19. The van der Waals surface area contributed by atoms with E-state index in [1.54, 1.807) is 54.6 Å². The molecule has 0 bridgehead atoms. The van der Waals surface area contributed by atoms with Gasteiger partial charge in [0.1, 0.15) is 0 Å². The number of nitrogens with zero attached hydrogens (tertiary/aromatic N) is 2. The summed E-state index contributed by atoms with van der Waals surface area (Å²) in [5.74, 6) is -0.422. The molecule has 0 amide bonds. The summed E-state index contributed by atoms with van der Waals surface area (Å²) in [5, 5.41) is 1.85. The fraction of sp³-hybridized carbons (Fsp3) is 0.318. The van der Waals surface area contributed by atoms with Crippen LogP contribution in [0.25, 0.3) is 6.08 Å². The Balaban J connectivity index is 1.84. The third kappa shape index (κ3) is 5.70. The van der Waals surface area contributed by atoms with Crippen LogP contribution >= 0.6 is 11.6 Å². The first-order valence-electron chi connectivity index (χ1n) is 9.60. The summed E-state index contributed by atoms with van der Waals surface area (Å²) >= 11 is 5.90. The van der Waals surface area contributed by atoms with E-state index in [0.717, 1.165) is 24.1 Å². The van der Waals surface area contributed by atoms with Crippen molar-refractivity contribution in [3.63, 3.8) is 0 Å². The SMILES string of the molecule is COC(=O)c1ccc(CN(C2CCN(C)C2)S(=O)(=O)/C=C/c2ccc(Cl)cc2)cc1. The lowest BCUT2D eigenvalue weighted by Crippen LogP contribution is -2.40. The number of sulfonamides is 1. The number of rotatable bonds is 7.